The predicted octanol–water partition coefficient (Wildman–Crippen LogP) is 2.12. The van der Waals surface area contributed by atoms with E-state index in [4.69, 9.17) is 9.26 Å². The van der Waals surface area contributed by atoms with E-state index < -0.39 is 10.0 Å². The van der Waals surface area contributed by atoms with Gasteiger partial charge in [-0.05, 0) is 38.1 Å². The van der Waals surface area contributed by atoms with Crippen LogP contribution in [0.15, 0.2) is 33.7 Å². The number of hydrogen-bond donors (Lipinski definition) is 0. The van der Waals surface area contributed by atoms with E-state index in [9.17, 15) is 8.42 Å². The van der Waals surface area contributed by atoms with Crippen LogP contribution in [0.2, 0.25) is 0 Å². The summed E-state index contributed by atoms with van der Waals surface area (Å²) in [6, 6.07) is 6.29. The summed E-state index contributed by atoms with van der Waals surface area (Å²) in [6.07, 6.45) is 0. The Morgan fingerprint density at radius 1 is 1.24 bits per heavy atom. The van der Waals surface area contributed by atoms with Gasteiger partial charge in [-0.25, -0.2) is 8.42 Å². The summed E-state index contributed by atoms with van der Waals surface area (Å²) in [5.74, 6) is 1.24. The van der Waals surface area contributed by atoms with Crippen molar-refractivity contribution in [1.29, 1.82) is 0 Å². The van der Waals surface area contributed by atoms with E-state index in [1.165, 1.54) is 30.6 Å². The third kappa shape index (κ3) is 3.08. The number of nitrogens with zero attached hydrogens (tertiary/aromatic N) is 2. The highest BCUT2D eigenvalue weighted by molar-refractivity contribution is 7.89. The number of aromatic nitrogens is 1. The van der Waals surface area contributed by atoms with Gasteiger partial charge in [-0.1, -0.05) is 5.16 Å². The van der Waals surface area contributed by atoms with Gasteiger partial charge in [0.05, 0.1) is 17.7 Å². The molecule has 1 aromatic heterocycles. The second-order valence-electron chi connectivity index (χ2n) is 4.74. The molecule has 1 aromatic carbocycles. The van der Waals surface area contributed by atoms with E-state index in [1.807, 2.05) is 0 Å². The van der Waals surface area contributed by atoms with Crippen molar-refractivity contribution in [3.05, 3.63) is 41.3 Å². The second kappa shape index (κ2) is 5.87. The van der Waals surface area contributed by atoms with Crippen LogP contribution in [0, 0.1) is 13.8 Å². The van der Waals surface area contributed by atoms with Crippen LogP contribution < -0.4 is 4.74 Å². The summed E-state index contributed by atoms with van der Waals surface area (Å²) in [6.45, 7) is 3.78. The van der Waals surface area contributed by atoms with Crippen molar-refractivity contribution in [3.8, 4) is 5.75 Å². The lowest BCUT2D eigenvalue weighted by Crippen LogP contribution is -2.26. The van der Waals surface area contributed by atoms with E-state index >= 15 is 0 Å². The fourth-order valence-electron chi connectivity index (χ4n) is 1.96. The minimum atomic E-state index is -3.57. The molecule has 0 saturated heterocycles. The average Bonchev–Trinajstić information content (AvgIpc) is 2.79. The van der Waals surface area contributed by atoms with Crippen molar-refractivity contribution < 1.29 is 17.7 Å². The van der Waals surface area contributed by atoms with Crippen molar-refractivity contribution in [2.45, 2.75) is 25.3 Å². The smallest absolute Gasteiger partial charge is 0.243 e. The monoisotopic (exact) mass is 310 g/mol. The van der Waals surface area contributed by atoms with E-state index in [2.05, 4.69) is 5.16 Å². The number of rotatable bonds is 5. The van der Waals surface area contributed by atoms with Crippen LogP contribution in [0.1, 0.15) is 17.0 Å². The van der Waals surface area contributed by atoms with Gasteiger partial charge in [0.15, 0.2) is 0 Å². The molecule has 2 aromatic rings. The van der Waals surface area contributed by atoms with Crippen LogP contribution in [-0.4, -0.2) is 32.0 Å². The largest absolute Gasteiger partial charge is 0.497 e. The van der Waals surface area contributed by atoms with Crippen molar-refractivity contribution in [1.82, 2.24) is 9.46 Å². The molecule has 21 heavy (non-hydrogen) atoms. The molecule has 0 N–H and O–H groups in total. The summed E-state index contributed by atoms with van der Waals surface area (Å²) in [5, 5.41) is 3.83. The van der Waals surface area contributed by atoms with Crippen LogP contribution >= 0.6 is 0 Å². The number of benzene rings is 1. The Morgan fingerprint density at radius 3 is 2.33 bits per heavy atom. The molecule has 0 aliphatic rings. The molecular formula is C14H18N2O4S. The molecule has 114 valence electrons. The molecule has 0 unspecified atom stereocenters. The summed E-state index contributed by atoms with van der Waals surface area (Å²) < 4.78 is 36.4. The maximum absolute atomic E-state index is 12.5. The average molecular weight is 310 g/mol. The molecule has 0 amide bonds. The topological polar surface area (TPSA) is 72.6 Å². The van der Waals surface area contributed by atoms with Crippen molar-refractivity contribution in [3.63, 3.8) is 0 Å². The van der Waals surface area contributed by atoms with Gasteiger partial charge in [0, 0.05) is 19.2 Å². The van der Waals surface area contributed by atoms with Crippen LogP contribution in [0.5, 0.6) is 5.75 Å². The molecule has 1 heterocycles. The Morgan fingerprint density at radius 2 is 1.86 bits per heavy atom. The quantitative estimate of drug-likeness (QED) is 0.846. The molecule has 2 rings (SSSR count). The highest BCUT2D eigenvalue weighted by atomic mass is 32.2. The van der Waals surface area contributed by atoms with E-state index in [0.717, 1.165) is 5.56 Å². The maximum Gasteiger partial charge on any atom is 0.243 e. The summed E-state index contributed by atoms with van der Waals surface area (Å²) in [5.41, 5.74) is 1.49. The SMILES string of the molecule is COc1ccc(S(=O)(=O)N(C)Cc2c(C)noc2C)cc1. The van der Waals surface area contributed by atoms with Gasteiger partial charge in [-0.3, -0.25) is 0 Å². The zero-order valence-corrected chi connectivity index (χ0v) is 13.3. The van der Waals surface area contributed by atoms with Crippen LogP contribution in [-0.2, 0) is 16.6 Å². The minimum Gasteiger partial charge on any atom is -0.497 e. The molecule has 0 saturated carbocycles. The molecule has 0 aliphatic carbocycles. The van der Waals surface area contributed by atoms with E-state index in [0.29, 0.717) is 17.2 Å². The summed E-state index contributed by atoms with van der Waals surface area (Å²) in [4.78, 5) is 0.220. The van der Waals surface area contributed by atoms with Crippen molar-refractivity contribution >= 4 is 10.0 Å². The Bertz CT molecular complexity index is 700. The van der Waals surface area contributed by atoms with Crippen LogP contribution in [0.3, 0.4) is 0 Å². The molecule has 0 bridgehead atoms. The Balaban J connectivity index is 2.26. The standard InChI is InChI=1S/C14H18N2O4S/c1-10-14(11(2)20-15-10)9-16(3)21(17,18)13-7-5-12(19-4)6-8-13/h5-8H,9H2,1-4H3. The van der Waals surface area contributed by atoms with Gasteiger partial charge >= 0.3 is 0 Å². The molecule has 6 nitrogen and oxygen atoms in total. The third-order valence-corrected chi connectivity index (χ3v) is 5.15. The fraction of sp³-hybridized carbons (Fsp3) is 0.357. The molecule has 0 radical (unpaired) electrons. The highest BCUT2D eigenvalue weighted by Crippen LogP contribution is 2.22. The fourth-order valence-corrected chi connectivity index (χ4v) is 3.10. The van der Waals surface area contributed by atoms with E-state index in [-0.39, 0.29) is 11.4 Å². The Hall–Kier alpha value is -1.86. The van der Waals surface area contributed by atoms with E-state index in [1.54, 1.807) is 26.0 Å². The number of ether oxygens (including phenoxy) is 1. The molecule has 7 heteroatoms. The first-order valence-electron chi connectivity index (χ1n) is 6.38. The second-order valence-corrected chi connectivity index (χ2v) is 6.78. The van der Waals surface area contributed by atoms with Crippen LogP contribution in [0.25, 0.3) is 0 Å². The van der Waals surface area contributed by atoms with Gasteiger partial charge < -0.3 is 9.26 Å². The first-order valence-corrected chi connectivity index (χ1v) is 7.82. The summed E-state index contributed by atoms with van der Waals surface area (Å²) in [7, 11) is -0.497. The lowest BCUT2D eigenvalue weighted by Gasteiger charge is -2.17. The molecular weight excluding hydrogens is 292 g/mol. The lowest BCUT2D eigenvalue weighted by atomic mass is 10.2. The van der Waals surface area contributed by atoms with Gasteiger partial charge in [-0.2, -0.15) is 4.31 Å². The predicted molar refractivity (Wildman–Crippen MR) is 77.6 cm³/mol. The minimum absolute atomic E-state index is 0.218. The first-order chi connectivity index (χ1) is 9.86. The molecule has 0 aliphatic heterocycles. The normalized spacial score (nSPS) is 11.9. The Kier molecular flexibility index (Phi) is 4.34. The van der Waals surface area contributed by atoms with Gasteiger partial charge in [-0.15, -0.1) is 0 Å². The number of sulfonamides is 1. The number of methoxy groups -OCH3 is 1. The molecule has 0 spiro atoms. The van der Waals surface area contributed by atoms with Crippen molar-refractivity contribution in [2.75, 3.05) is 14.2 Å². The third-order valence-electron chi connectivity index (χ3n) is 3.33. The molecule has 0 fully saturated rings. The van der Waals surface area contributed by atoms with Crippen LogP contribution in [0.4, 0.5) is 0 Å². The van der Waals surface area contributed by atoms with Gasteiger partial charge in [0.2, 0.25) is 10.0 Å². The number of hydrogen-bond acceptors (Lipinski definition) is 5. The maximum atomic E-state index is 12.5. The molecule has 0 atom stereocenters. The Labute approximate surface area is 124 Å². The van der Waals surface area contributed by atoms with Crippen molar-refractivity contribution in [2.24, 2.45) is 0 Å². The number of aryl methyl sites for hydroxylation is 2. The highest BCUT2D eigenvalue weighted by Gasteiger charge is 2.23. The summed E-state index contributed by atoms with van der Waals surface area (Å²) >= 11 is 0. The zero-order valence-electron chi connectivity index (χ0n) is 12.5. The first kappa shape index (κ1) is 15.5. The van der Waals surface area contributed by atoms with Gasteiger partial charge in [0.25, 0.3) is 0 Å². The van der Waals surface area contributed by atoms with Gasteiger partial charge in [0.1, 0.15) is 11.5 Å². The zero-order chi connectivity index (χ0) is 15.6. The lowest BCUT2D eigenvalue weighted by molar-refractivity contribution is 0.390.